The van der Waals surface area contributed by atoms with Crippen molar-refractivity contribution in [3.05, 3.63) is 108 Å². The maximum absolute atomic E-state index is 8.49. The Morgan fingerprint density at radius 2 is 1.67 bits per heavy atom. The first-order valence-electron chi connectivity index (χ1n) is 17.2. The van der Waals surface area contributed by atoms with E-state index in [0.717, 1.165) is 49.9 Å². The number of pyridine rings is 2. The Bertz CT molecular complexity index is 2280. The summed E-state index contributed by atoms with van der Waals surface area (Å²) in [5, 5.41) is 3.52. The molecule has 0 saturated carbocycles. The van der Waals surface area contributed by atoms with Crippen molar-refractivity contribution in [1.29, 1.82) is 0 Å². The van der Waals surface area contributed by atoms with Crippen LogP contribution in [-0.2, 0) is 32.0 Å². The van der Waals surface area contributed by atoms with Crippen molar-refractivity contribution in [2.75, 3.05) is 0 Å². The van der Waals surface area contributed by atoms with Crippen molar-refractivity contribution in [1.82, 2.24) is 19.5 Å². The van der Waals surface area contributed by atoms with Gasteiger partial charge < -0.3 is 14.0 Å². The van der Waals surface area contributed by atoms with E-state index in [1.54, 1.807) is 4.57 Å². The van der Waals surface area contributed by atoms with E-state index in [4.69, 9.17) is 12.1 Å². The van der Waals surface area contributed by atoms with Gasteiger partial charge in [0, 0.05) is 46.6 Å². The number of furan rings is 1. The summed E-state index contributed by atoms with van der Waals surface area (Å²) in [5.74, 6) is 0.452. The third-order valence-corrected chi connectivity index (χ3v) is 10.1. The second-order valence-electron chi connectivity index (χ2n) is 14.5. The fourth-order valence-corrected chi connectivity index (χ4v) is 7.50. The molecular weight excluding hydrogens is 785 g/mol. The van der Waals surface area contributed by atoms with Crippen molar-refractivity contribution in [2.24, 2.45) is 5.92 Å². The van der Waals surface area contributed by atoms with Crippen LogP contribution in [-0.4, -0.2) is 27.6 Å². The summed E-state index contributed by atoms with van der Waals surface area (Å²) >= 11 is 0. The number of para-hydroxylation sites is 2. The first kappa shape index (κ1) is 32.6. The van der Waals surface area contributed by atoms with Gasteiger partial charge >= 0.3 is 0 Å². The second kappa shape index (κ2) is 13.9. The van der Waals surface area contributed by atoms with E-state index in [1.807, 2.05) is 81.4 Å². The molecule has 0 bridgehead atoms. The smallest absolute Gasteiger partial charge is 0.216 e. The zero-order chi connectivity index (χ0) is 35.3. The van der Waals surface area contributed by atoms with Gasteiger partial charge in [-0.1, -0.05) is 77.8 Å². The van der Waals surface area contributed by atoms with Crippen LogP contribution in [0.1, 0.15) is 48.6 Å². The molecule has 7 aromatic rings. The molecule has 7 rings (SSSR count). The van der Waals surface area contributed by atoms with Crippen LogP contribution in [0.25, 0.3) is 55.7 Å². The topological polar surface area (TPSA) is 56.7 Å². The van der Waals surface area contributed by atoms with Crippen molar-refractivity contribution in [3.63, 3.8) is 0 Å². The van der Waals surface area contributed by atoms with Gasteiger partial charge in [-0.2, -0.15) is 0 Å². The zero-order valence-electron chi connectivity index (χ0n) is 31.2. The summed E-state index contributed by atoms with van der Waals surface area (Å²) < 4.78 is 24.6. The Morgan fingerprint density at radius 1 is 0.917 bits per heavy atom. The molecule has 4 heterocycles. The Morgan fingerprint density at radius 3 is 2.35 bits per heavy atom. The Hall–Kier alpha value is -3.90. The van der Waals surface area contributed by atoms with Gasteiger partial charge in [-0.15, -0.1) is 59.7 Å². The molecule has 0 atom stereocenters. The second-order valence-corrected chi connectivity index (χ2v) is 19.5. The molecule has 1 radical (unpaired) electrons. The quantitative estimate of drug-likeness (QED) is 0.128. The zero-order valence-corrected chi connectivity index (χ0v) is 32.6. The van der Waals surface area contributed by atoms with Crippen LogP contribution in [0, 0.1) is 25.0 Å². The van der Waals surface area contributed by atoms with Gasteiger partial charge in [0.25, 0.3) is 0 Å². The molecule has 7 heteroatoms. The van der Waals surface area contributed by atoms with Crippen molar-refractivity contribution in [3.8, 4) is 22.6 Å². The number of nitrogens with zero attached hydrogens (tertiary/aromatic N) is 4. The molecule has 0 saturated heterocycles. The molecule has 0 aliphatic rings. The van der Waals surface area contributed by atoms with E-state index in [-0.39, 0.29) is 31.4 Å². The number of aryl methyl sites for hydroxylation is 1. The summed E-state index contributed by atoms with van der Waals surface area (Å²) in [5.41, 5.74) is 8.27. The minimum atomic E-state index is -1.52. The van der Waals surface area contributed by atoms with E-state index in [0.29, 0.717) is 11.5 Å². The maximum atomic E-state index is 8.49. The fraction of sp³-hybridized carbons (Fsp3) is 0.293. The molecule has 0 N–H and O–H groups in total. The number of aromatic nitrogens is 4. The molecule has 3 aromatic carbocycles. The molecule has 0 aliphatic heterocycles. The molecular formula is C41H44IrN4OSi-2. The number of rotatable bonds is 5. The standard InChI is InChI=1S/C24H27N2OSi.C17H17N2.Ir/c1-15-8-10-17-18-12-16(9-11-21(18)27-23(17)26-15)20-13-19(24(2,3)4)22(14-25-20)28(5,6)7;1-13(2)12-19-16-11-7-6-10-15(16)18-17(19)14-8-4-3-5-9-14;/h8,10-14H,1-7H3;3-8,10-11,13H,12H2,1-2H3;/q2*-1;/i;12D2;. The number of fused-ring (bicyclic) bond motifs is 4. The molecule has 4 aromatic heterocycles. The Labute approximate surface area is 302 Å². The van der Waals surface area contributed by atoms with Crippen LogP contribution in [0.15, 0.2) is 89.5 Å². The average molecular weight is 831 g/mol. The van der Waals surface area contributed by atoms with Gasteiger partial charge in [0.1, 0.15) is 0 Å². The molecule has 5 nitrogen and oxygen atoms in total. The summed E-state index contributed by atoms with van der Waals surface area (Å²) in [6.45, 7) is 18.2. The molecule has 0 amide bonds. The van der Waals surface area contributed by atoms with Crippen molar-refractivity contribution >= 4 is 46.4 Å². The van der Waals surface area contributed by atoms with Crippen molar-refractivity contribution in [2.45, 2.75) is 73.1 Å². The average Bonchev–Trinajstić information content (AvgIpc) is 3.62. The van der Waals surface area contributed by atoms with E-state index in [1.165, 1.54) is 10.8 Å². The van der Waals surface area contributed by atoms with Gasteiger partial charge in [0.15, 0.2) is 0 Å². The van der Waals surface area contributed by atoms with E-state index in [9.17, 15) is 0 Å². The summed E-state index contributed by atoms with van der Waals surface area (Å²) in [6.07, 6.45) is 2.10. The number of benzene rings is 3. The van der Waals surface area contributed by atoms with Gasteiger partial charge in [-0.05, 0) is 59.0 Å². The predicted octanol–water partition coefficient (Wildman–Crippen LogP) is 10.2. The van der Waals surface area contributed by atoms with Crippen LogP contribution in [0.5, 0.6) is 0 Å². The first-order valence-corrected chi connectivity index (χ1v) is 19.7. The van der Waals surface area contributed by atoms with Crippen LogP contribution in [0.2, 0.25) is 19.6 Å². The van der Waals surface area contributed by atoms with Gasteiger partial charge in [0.05, 0.1) is 30.5 Å². The third kappa shape index (κ3) is 7.39. The number of hydrogen-bond acceptors (Lipinski definition) is 4. The Kier molecular flexibility index (Phi) is 9.46. The third-order valence-electron chi connectivity index (χ3n) is 8.10. The molecule has 0 unspecified atom stereocenters. The summed E-state index contributed by atoms with van der Waals surface area (Å²) in [6, 6.07) is 32.1. The summed E-state index contributed by atoms with van der Waals surface area (Å²) in [7, 11) is -1.48. The maximum Gasteiger partial charge on any atom is 0.216 e. The normalized spacial score (nSPS) is 12.9. The SMILES string of the molecule is Cc1ccc2c(n1)oc1c[c-]c(-c3cc(C(C)(C)C)c([Si](C)(C)C)cn3)cc12.[2H]C([2H])(C(C)C)n1c(-c2[c-]cccc2)nc2ccccc21.[Ir]. The van der Waals surface area contributed by atoms with E-state index in [2.05, 4.69) is 86.9 Å². The van der Waals surface area contributed by atoms with Gasteiger partial charge in [0.2, 0.25) is 5.71 Å². The summed E-state index contributed by atoms with van der Waals surface area (Å²) in [4.78, 5) is 14.0. The molecule has 249 valence electrons. The van der Waals surface area contributed by atoms with Gasteiger partial charge in [-0.3, -0.25) is 4.98 Å². The van der Waals surface area contributed by atoms with Crippen LogP contribution in [0.3, 0.4) is 0 Å². The van der Waals surface area contributed by atoms with E-state index >= 15 is 0 Å². The first-order chi connectivity index (χ1) is 23.1. The van der Waals surface area contributed by atoms with Crippen LogP contribution in [0.4, 0.5) is 0 Å². The monoisotopic (exact) mass is 831 g/mol. The fourth-order valence-electron chi connectivity index (χ4n) is 5.79. The van der Waals surface area contributed by atoms with Crippen molar-refractivity contribution < 1.29 is 27.3 Å². The molecule has 0 spiro atoms. The number of hydrogen-bond donors (Lipinski definition) is 0. The Balaban J connectivity index is 0.000000198. The molecule has 48 heavy (non-hydrogen) atoms. The van der Waals surface area contributed by atoms with Gasteiger partial charge in [-0.25, -0.2) is 4.98 Å². The minimum absolute atomic E-state index is 0. The molecule has 0 fully saturated rings. The van der Waals surface area contributed by atoms with E-state index < -0.39 is 14.6 Å². The van der Waals surface area contributed by atoms with Crippen LogP contribution < -0.4 is 5.19 Å². The number of imidazole rings is 1. The largest absolute Gasteiger partial charge is 0.486 e. The minimum Gasteiger partial charge on any atom is -0.486 e. The predicted molar refractivity (Wildman–Crippen MR) is 199 cm³/mol. The molecule has 0 aliphatic carbocycles. The van der Waals surface area contributed by atoms with Crippen LogP contribution >= 0.6 is 0 Å².